The number of nitrogens with one attached hydrogen (secondary N) is 1. The van der Waals surface area contributed by atoms with Crippen molar-refractivity contribution in [2.45, 2.75) is 13.0 Å². The van der Waals surface area contributed by atoms with Crippen LogP contribution >= 0.6 is 15.9 Å². The first kappa shape index (κ1) is 13.3. The number of aliphatic hydroxyl groups is 1. The van der Waals surface area contributed by atoms with Gasteiger partial charge in [-0.1, -0.05) is 0 Å². The quantitative estimate of drug-likeness (QED) is 0.790. The number of aryl methyl sites for hydroxylation is 1. The Morgan fingerprint density at radius 3 is 2.69 bits per heavy atom. The van der Waals surface area contributed by atoms with Gasteiger partial charge in [-0.15, -0.1) is 0 Å². The van der Waals surface area contributed by atoms with E-state index in [0.717, 1.165) is 5.56 Å². The molecule has 0 radical (unpaired) electrons. The molecular weight excluding hydrogens is 274 g/mol. The first-order chi connectivity index (χ1) is 7.52. The van der Waals surface area contributed by atoms with Gasteiger partial charge in [-0.05, 0) is 41.5 Å². The van der Waals surface area contributed by atoms with E-state index in [1.165, 1.54) is 7.11 Å². The summed E-state index contributed by atoms with van der Waals surface area (Å²) < 4.78 is 5.50. The molecule has 0 aliphatic heterocycles. The van der Waals surface area contributed by atoms with E-state index in [-0.39, 0.29) is 5.75 Å². The van der Waals surface area contributed by atoms with Crippen molar-refractivity contribution >= 4 is 15.9 Å². The van der Waals surface area contributed by atoms with Gasteiger partial charge in [-0.2, -0.15) is 0 Å². The topological polar surface area (TPSA) is 61.7 Å². The molecule has 3 N–H and O–H groups in total. The molecule has 1 atom stereocenters. The van der Waals surface area contributed by atoms with Crippen molar-refractivity contribution in [1.82, 2.24) is 5.32 Å². The number of benzene rings is 1. The molecule has 0 amide bonds. The van der Waals surface area contributed by atoms with Crippen LogP contribution < -0.4 is 10.1 Å². The predicted molar refractivity (Wildman–Crippen MR) is 66.0 cm³/mol. The number of rotatable bonds is 4. The third kappa shape index (κ3) is 2.48. The van der Waals surface area contributed by atoms with Crippen molar-refractivity contribution in [2.24, 2.45) is 0 Å². The standard InChI is InChI=1S/C11H16BrNO3/c1-6-4-8(16-3)11(15)10(12)9(6)7(14)5-13-2/h4,7,13-15H,5H2,1-3H3. The summed E-state index contributed by atoms with van der Waals surface area (Å²) in [6, 6.07) is 1.70. The Hall–Kier alpha value is -0.780. The second-order valence-electron chi connectivity index (χ2n) is 3.55. The van der Waals surface area contributed by atoms with Crippen LogP contribution in [0.3, 0.4) is 0 Å². The van der Waals surface area contributed by atoms with Crippen molar-refractivity contribution in [1.29, 1.82) is 0 Å². The molecule has 1 rings (SSSR count). The molecule has 0 saturated carbocycles. The molecule has 16 heavy (non-hydrogen) atoms. The molecule has 90 valence electrons. The predicted octanol–water partition coefficient (Wildman–Crippen LogP) is 1.72. The molecule has 1 aromatic rings. The minimum absolute atomic E-state index is 0.0123. The van der Waals surface area contributed by atoms with Crippen LogP contribution in [-0.2, 0) is 0 Å². The molecule has 0 spiro atoms. The lowest BCUT2D eigenvalue weighted by atomic mass is 10.0. The number of phenolic OH excluding ortho intramolecular Hbond substituents is 1. The maximum atomic E-state index is 9.93. The summed E-state index contributed by atoms with van der Waals surface area (Å²) in [6.07, 6.45) is -0.670. The lowest BCUT2D eigenvalue weighted by molar-refractivity contribution is 0.175. The number of ether oxygens (including phenoxy) is 1. The van der Waals surface area contributed by atoms with E-state index in [1.54, 1.807) is 13.1 Å². The van der Waals surface area contributed by atoms with E-state index in [4.69, 9.17) is 4.74 Å². The molecule has 0 aliphatic carbocycles. The summed E-state index contributed by atoms with van der Waals surface area (Å²) >= 11 is 3.28. The summed E-state index contributed by atoms with van der Waals surface area (Å²) in [7, 11) is 3.25. The summed E-state index contributed by atoms with van der Waals surface area (Å²) in [4.78, 5) is 0. The Morgan fingerprint density at radius 2 is 2.19 bits per heavy atom. The monoisotopic (exact) mass is 289 g/mol. The van der Waals surface area contributed by atoms with Crippen LogP contribution in [0.2, 0.25) is 0 Å². The summed E-state index contributed by atoms with van der Waals surface area (Å²) in [6.45, 7) is 2.28. The fourth-order valence-electron chi connectivity index (χ4n) is 1.61. The molecule has 0 aliphatic rings. The molecule has 1 unspecified atom stereocenters. The number of methoxy groups -OCH3 is 1. The number of hydrogen-bond acceptors (Lipinski definition) is 4. The molecule has 5 heteroatoms. The van der Waals surface area contributed by atoms with Crippen LogP contribution in [0.5, 0.6) is 11.5 Å². The molecule has 1 aromatic carbocycles. The van der Waals surface area contributed by atoms with Crippen molar-refractivity contribution < 1.29 is 14.9 Å². The highest BCUT2D eigenvalue weighted by atomic mass is 79.9. The Balaban J connectivity index is 3.24. The first-order valence-electron chi connectivity index (χ1n) is 4.91. The highest BCUT2D eigenvalue weighted by molar-refractivity contribution is 9.10. The smallest absolute Gasteiger partial charge is 0.172 e. The highest BCUT2D eigenvalue weighted by Crippen LogP contribution is 2.40. The van der Waals surface area contributed by atoms with E-state index >= 15 is 0 Å². The van der Waals surface area contributed by atoms with Crippen molar-refractivity contribution in [3.05, 3.63) is 21.7 Å². The molecule has 4 nitrogen and oxygen atoms in total. The number of aliphatic hydroxyl groups excluding tert-OH is 1. The van der Waals surface area contributed by atoms with Gasteiger partial charge < -0.3 is 20.3 Å². The van der Waals surface area contributed by atoms with E-state index in [1.807, 2.05) is 6.92 Å². The fraction of sp³-hybridized carbons (Fsp3) is 0.455. The van der Waals surface area contributed by atoms with E-state index in [9.17, 15) is 10.2 Å². The van der Waals surface area contributed by atoms with Crippen molar-refractivity contribution in [2.75, 3.05) is 20.7 Å². The largest absolute Gasteiger partial charge is 0.503 e. The average molecular weight is 290 g/mol. The zero-order valence-electron chi connectivity index (χ0n) is 9.54. The van der Waals surface area contributed by atoms with Crippen LogP contribution in [0.1, 0.15) is 17.2 Å². The third-order valence-electron chi connectivity index (χ3n) is 2.40. The second kappa shape index (κ2) is 5.52. The van der Waals surface area contributed by atoms with Gasteiger partial charge in [0.05, 0.1) is 17.7 Å². The first-order valence-corrected chi connectivity index (χ1v) is 5.70. The summed E-state index contributed by atoms with van der Waals surface area (Å²) in [5.41, 5.74) is 1.54. The van der Waals surface area contributed by atoms with Gasteiger partial charge in [0.25, 0.3) is 0 Å². The van der Waals surface area contributed by atoms with Gasteiger partial charge in [-0.3, -0.25) is 0 Å². The molecule has 0 bridgehead atoms. The zero-order chi connectivity index (χ0) is 12.3. The maximum absolute atomic E-state index is 9.93. The average Bonchev–Trinajstić information content (AvgIpc) is 2.24. The Bertz CT molecular complexity index is 382. The second-order valence-corrected chi connectivity index (χ2v) is 4.34. The van der Waals surface area contributed by atoms with Crippen LogP contribution in [0.25, 0.3) is 0 Å². The Labute approximate surface area is 103 Å². The van der Waals surface area contributed by atoms with Gasteiger partial charge in [0.2, 0.25) is 0 Å². The van der Waals surface area contributed by atoms with Crippen LogP contribution in [0.4, 0.5) is 0 Å². The minimum atomic E-state index is -0.670. The van der Waals surface area contributed by atoms with E-state index < -0.39 is 6.10 Å². The lowest BCUT2D eigenvalue weighted by Gasteiger charge is -2.18. The van der Waals surface area contributed by atoms with E-state index in [0.29, 0.717) is 22.3 Å². The van der Waals surface area contributed by atoms with Crippen LogP contribution in [0.15, 0.2) is 10.5 Å². The SMILES string of the molecule is CNCC(O)c1c(C)cc(OC)c(O)c1Br. The summed E-state index contributed by atoms with van der Waals surface area (Å²) in [5.74, 6) is 0.406. The van der Waals surface area contributed by atoms with Crippen LogP contribution in [-0.4, -0.2) is 30.9 Å². The fourth-order valence-corrected chi connectivity index (χ4v) is 2.38. The zero-order valence-corrected chi connectivity index (χ0v) is 11.1. The third-order valence-corrected chi connectivity index (χ3v) is 3.20. The van der Waals surface area contributed by atoms with E-state index in [2.05, 4.69) is 21.2 Å². The van der Waals surface area contributed by atoms with Gasteiger partial charge >= 0.3 is 0 Å². The number of likely N-dealkylation sites (N-methyl/N-ethyl adjacent to an activating group) is 1. The number of phenols is 1. The summed E-state index contributed by atoms with van der Waals surface area (Å²) in [5, 5.41) is 22.6. The lowest BCUT2D eigenvalue weighted by Crippen LogP contribution is -2.18. The normalized spacial score (nSPS) is 12.6. The van der Waals surface area contributed by atoms with Gasteiger partial charge in [0.1, 0.15) is 0 Å². The Morgan fingerprint density at radius 1 is 1.56 bits per heavy atom. The van der Waals surface area contributed by atoms with Gasteiger partial charge in [0.15, 0.2) is 11.5 Å². The highest BCUT2D eigenvalue weighted by Gasteiger charge is 2.19. The molecule has 0 saturated heterocycles. The number of halogens is 1. The molecular formula is C11H16BrNO3. The van der Waals surface area contributed by atoms with Crippen molar-refractivity contribution in [3.63, 3.8) is 0 Å². The maximum Gasteiger partial charge on any atom is 0.172 e. The molecule has 0 heterocycles. The molecule has 0 fully saturated rings. The van der Waals surface area contributed by atoms with Gasteiger partial charge in [0, 0.05) is 12.1 Å². The molecule has 0 aromatic heterocycles. The Kier molecular flexibility index (Phi) is 4.58. The number of hydrogen-bond donors (Lipinski definition) is 3. The van der Waals surface area contributed by atoms with Crippen molar-refractivity contribution in [3.8, 4) is 11.5 Å². The van der Waals surface area contributed by atoms with Gasteiger partial charge in [-0.25, -0.2) is 0 Å². The van der Waals surface area contributed by atoms with Crippen LogP contribution in [0, 0.1) is 6.92 Å². The minimum Gasteiger partial charge on any atom is -0.503 e. The number of aromatic hydroxyl groups is 1.